The largest absolute Gasteiger partial charge is 0.218 e. The van der Waals surface area contributed by atoms with Crippen LogP contribution in [0.5, 0.6) is 0 Å². The van der Waals surface area contributed by atoms with Gasteiger partial charge in [0.2, 0.25) is 9.84 Å². The van der Waals surface area contributed by atoms with E-state index in [1.807, 2.05) is 0 Å². The molecule has 0 aliphatic carbocycles. The van der Waals surface area contributed by atoms with Crippen LogP contribution >= 0.6 is 23.5 Å². The first kappa shape index (κ1) is 21.8. The Bertz CT molecular complexity index is 918. The lowest BCUT2D eigenvalue weighted by atomic mass is 10.3. The molecule has 2 rings (SSSR count). The van der Waals surface area contributed by atoms with Crippen molar-refractivity contribution < 1.29 is 43.5 Å². The molecule has 0 radical (unpaired) electrons. The van der Waals surface area contributed by atoms with Gasteiger partial charge in [-0.05, 0) is 12.5 Å². The molecule has 2 aromatic rings. The van der Waals surface area contributed by atoms with E-state index in [1.165, 1.54) is 0 Å². The topological polar surface area (TPSA) is 34.1 Å². The Hall–Kier alpha value is -1.47. The molecule has 0 spiro atoms. The second-order valence-corrected chi connectivity index (χ2v) is 8.20. The van der Waals surface area contributed by atoms with Gasteiger partial charge in [0.15, 0.2) is 46.5 Å². The molecule has 0 aliphatic rings. The van der Waals surface area contributed by atoms with E-state index in [0.717, 1.165) is 12.5 Å². The highest BCUT2D eigenvalue weighted by Crippen LogP contribution is 2.39. The van der Waals surface area contributed by atoms with Crippen LogP contribution in [0.2, 0.25) is 0 Å². The van der Waals surface area contributed by atoms with Crippen molar-refractivity contribution in [2.45, 2.75) is 19.6 Å². The van der Waals surface area contributed by atoms with Crippen LogP contribution in [0.15, 0.2) is 19.6 Å². The molecule has 2 aromatic carbocycles. The molecule has 0 aliphatic heterocycles. The zero-order chi connectivity index (χ0) is 20.8. The maximum atomic E-state index is 14.1. The van der Waals surface area contributed by atoms with Crippen molar-refractivity contribution in [3.05, 3.63) is 46.5 Å². The summed E-state index contributed by atoms with van der Waals surface area (Å²) in [6, 6.07) is 0. The van der Waals surface area contributed by atoms with E-state index in [1.54, 1.807) is 0 Å². The van der Waals surface area contributed by atoms with Crippen LogP contribution < -0.4 is 0 Å². The zero-order valence-corrected chi connectivity index (χ0v) is 15.5. The predicted molar refractivity (Wildman–Crippen MR) is 81.6 cm³/mol. The van der Waals surface area contributed by atoms with Gasteiger partial charge < -0.3 is 0 Å². The van der Waals surface area contributed by atoms with Crippen LogP contribution in [0.25, 0.3) is 0 Å². The Morgan fingerprint density at radius 3 is 0.926 bits per heavy atom. The zero-order valence-electron chi connectivity index (χ0n) is 13.1. The number of rotatable bonds is 4. The van der Waals surface area contributed by atoms with E-state index in [0.29, 0.717) is 0 Å². The monoisotopic (exact) mass is 454 g/mol. The minimum atomic E-state index is -6.08. The summed E-state index contributed by atoms with van der Waals surface area (Å²) < 4.78 is 136. The quantitative estimate of drug-likeness (QED) is 0.367. The van der Waals surface area contributed by atoms with Gasteiger partial charge in [0.05, 0.1) is 9.79 Å². The fourth-order valence-electron chi connectivity index (χ4n) is 2.12. The summed E-state index contributed by atoms with van der Waals surface area (Å²) in [5.74, 6) is -18.6. The maximum absolute atomic E-state index is 14.1. The number of benzene rings is 2. The Morgan fingerprint density at radius 2 is 0.741 bits per heavy atom. The minimum Gasteiger partial charge on any atom is -0.218 e. The SMILES string of the molecule is CSc1c(F)c(F)c(S(=O)(=O)c2c(F)c(F)c(SC)c(F)c2F)c(F)c1F. The molecule has 0 heterocycles. The smallest absolute Gasteiger partial charge is 0.218 e. The molecule has 148 valence electrons. The summed E-state index contributed by atoms with van der Waals surface area (Å²) in [4.78, 5) is -7.30. The Kier molecular flexibility index (Phi) is 6.07. The van der Waals surface area contributed by atoms with Gasteiger partial charge >= 0.3 is 0 Å². The summed E-state index contributed by atoms with van der Waals surface area (Å²) >= 11 is 0.372. The fourth-order valence-corrected chi connectivity index (χ4v) is 4.70. The fraction of sp³-hybridized carbons (Fsp3) is 0.143. The Morgan fingerprint density at radius 1 is 0.519 bits per heavy atom. The van der Waals surface area contributed by atoms with Crippen molar-refractivity contribution in [1.29, 1.82) is 0 Å². The van der Waals surface area contributed by atoms with E-state index in [9.17, 15) is 43.5 Å². The Labute approximate surface area is 155 Å². The predicted octanol–water partition coefficient (Wildman–Crippen LogP) is 5.08. The number of hydrogen-bond acceptors (Lipinski definition) is 4. The van der Waals surface area contributed by atoms with Crippen LogP contribution in [0.1, 0.15) is 0 Å². The Balaban J connectivity index is 3.00. The van der Waals surface area contributed by atoms with Crippen molar-refractivity contribution in [2.24, 2.45) is 0 Å². The molecule has 13 heteroatoms. The first-order valence-corrected chi connectivity index (χ1v) is 10.4. The molecule has 0 aromatic heterocycles. The highest BCUT2D eigenvalue weighted by atomic mass is 32.2. The van der Waals surface area contributed by atoms with Gasteiger partial charge in [0, 0.05) is 0 Å². The van der Waals surface area contributed by atoms with Crippen molar-refractivity contribution >= 4 is 33.4 Å². The lowest BCUT2D eigenvalue weighted by Crippen LogP contribution is -2.17. The van der Waals surface area contributed by atoms with Crippen LogP contribution in [0.4, 0.5) is 35.1 Å². The molecule has 0 unspecified atom stereocenters. The summed E-state index contributed by atoms with van der Waals surface area (Å²) in [6.45, 7) is 0. The first-order chi connectivity index (χ1) is 12.4. The van der Waals surface area contributed by atoms with Gasteiger partial charge in [0.25, 0.3) is 0 Å². The highest BCUT2D eigenvalue weighted by molar-refractivity contribution is 7.98. The average Bonchev–Trinajstić information content (AvgIpc) is 2.59. The van der Waals surface area contributed by atoms with Gasteiger partial charge in [-0.15, -0.1) is 23.5 Å². The van der Waals surface area contributed by atoms with Crippen molar-refractivity contribution in [1.82, 2.24) is 0 Å². The molecule has 0 fully saturated rings. The standard InChI is InChI=1S/C14H6F8O2S3/c1-25-11-3(15)7(19)13(8(20)4(11)16)27(23,24)14-9(21)5(17)12(26-2)6(18)10(14)22/h1-2H3. The summed E-state index contributed by atoms with van der Waals surface area (Å²) in [7, 11) is -6.08. The molecule has 0 saturated carbocycles. The van der Waals surface area contributed by atoms with E-state index >= 15 is 0 Å². The van der Waals surface area contributed by atoms with Crippen LogP contribution in [-0.4, -0.2) is 20.9 Å². The van der Waals surface area contributed by atoms with Crippen LogP contribution in [0.3, 0.4) is 0 Å². The van der Waals surface area contributed by atoms with E-state index in [4.69, 9.17) is 0 Å². The summed E-state index contributed by atoms with van der Waals surface area (Å²) in [6.07, 6.45) is 2.03. The van der Waals surface area contributed by atoms with E-state index < -0.39 is 76.0 Å². The second-order valence-electron chi connectivity index (χ2n) is 4.74. The lowest BCUT2D eigenvalue weighted by molar-refractivity contribution is 0.385. The molecule has 0 N–H and O–H groups in total. The van der Waals surface area contributed by atoms with Crippen molar-refractivity contribution in [2.75, 3.05) is 12.5 Å². The molecule has 0 atom stereocenters. The summed E-state index contributed by atoms with van der Waals surface area (Å²) in [5, 5.41) is 0. The van der Waals surface area contributed by atoms with Crippen LogP contribution in [-0.2, 0) is 9.84 Å². The summed E-state index contributed by atoms with van der Waals surface area (Å²) in [5.41, 5.74) is 0. The molecule has 0 bridgehead atoms. The van der Waals surface area contributed by atoms with Gasteiger partial charge in [-0.1, -0.05) is 0 Å². The third-order valence-corrected chi connectivity index (χ3v) is 6.64. The second kappa shape index (κ2) is 7.51. The normalized spacial score (nSPS) is 11.9. The molecule has 0 amide bonds. The number of halogens is 8. The van der Waals surface area contributed by atoms with Gasteiger partial charge in [-0.3, -0.25) is 0 Å². The molecule has 27 heavy (non-hydrogen) atoms. The van der Waals surface area contributed by atoms with Gasteiger partial charge in [0.1, 0.15) is 9.79 Å². The third kappa shape index (κ3) is 3.18. The number of sulfone groups is 1. The van der Waals surface area contributed by atoms with Crippen molar-refractivity contribution in [3.8, 4) is 0 Å². The molecule has 2 nitrogen and oxygen atoms in total. The van der Waals surface area contributed by atoms with Gasteiger partial charge in [-0.2, -0.15) is 0 Å². The van der Waals surface area contributed by atoms with E-state index in [2.05, 4.69) is 0 Å². The molecular weight excluding hydrogens is 448 g/mol. The van der Waals surface area contributed by atoms with Crippen LogP contribution in [0, 0.1) is 46.5 Å². The van der Waals surface area contributed by atoms with Gasteiger partial charge in [-0.25, -0.2) is 43.5 Å². The van der Waals surface area contributed by atoms with Crippen molar-refractivity contribution in [3.63, 3.8) is 0 Å². The highest BCUT2D eigenvalue weighted by Gasteiger charge is 2.40. The number of thioether (sulfide) groups is 2. The lowest BCUT2D eigenvalue weighted by Gasteiger charge is -2.14. The van der Waals surface area contributed by atoms with E-state index in [-0.39, 0.29) is 23.5 Å². The number of hydrogen-bond donors (Lipinski definition) is 0. The first-order valence-electron chi connectivity index (χ1n) is 6.48. The maximum Gasteiger partial charge on any atom is 0.218 e. The minimum absolute atomic E-state index is 0.186. The average molecular weight is 454 g/mol. The molecular formula is C14H6F8O2S3. The third-order valence-electron chi connectivity index (χ3n) is 3.31. The molecule has 0 saturated heterocycles.